The number of ether oxygens (including phenoxy) is 2. The lowest BCUT2D eigenvalue weighted by atomic mass is 9.70. The molecule has 3 saturated heterocycles. The van der Waals surface area contributed by atoms with Crippen LogP contribution in [0.15, 0.2) is 43.5 Å². The van der Waals surface area contributed by atoms with Crippen LogP contribution in [0.3, 0.4) is 0 Å². The standard InChI is InChI=1S/C35H48BrN3O7/c1-6-8-13-27(41)37-21-24(5)45-34(44)28-29-32(42)39(17-11-9-10-12-18-40)31(35(29)20-25(36)30(28)46-35)33(43)38(16-7-2)26-19-22(3)14-15-23(26)4/h6-7,14-15,19,24-25,28-31,40H,1-2,8-13,16-18,20-21H2,3-5H3,(H,37,41)/t24-,25?,28-,29+,30-,31-,35+/m0/s1. The van der Waals surface area contributed by atoms with Crippen molar-refractivity contribution in [2.45, 2.75) is 94.4 Å². The van der Waals surface area contributed by atoms with Crippen LogP contribution in [0.25, 0.3) is 0 Å². The van der Waals surface area contributed by atoms with Crippen LogP contribution in [-0.4, -0.2) is 88.6 Å². The zero-order valence-corrected chi connectivity index (χ0v) is 28.8. The van der Waals surface area contributed by atoms with Crippen LogP contribution >= 0.6 is 15.9 Å². The molecule has 11 heteroatoms. The number of fused-ring (bicyclic) bond motifs is 1. The predicted molar refractivity (Wildman–Crippen MR) is 179 cm³/mol. The third-order valence-corrected chi connectivity index (χ3v) is 10.2. The number of amides is 3. The fraction of sp³-hybridized carbons (Fsp3) is 0.600. The summed E-state index contributed by atoms with van der Waals surface area (Å²) in [7, 11) is 0. The molecule has 1 aromatic rings. The summed E-state index contributed by atoms with van der Waals surface area (Å²) >= 11 is 3.71. The number of aliphatic hydroxyl groups is 1. The zero-order valence-electron chi connectivity index (χ0n) is 27.2. The number of nitrogens with zero attached hydrogens (tertiary/aromatic N) is 2. The molecule has 252 valence electrons. The fourth-order valence-corrected chi connectivity index (χ4v) is 8.10. The van der Waals surface area contributed by atoms with E-state index in [9.17, 15) is 24.3 Å². The Morgan fingerprint density at radius 1 is 1.22 bits per heavy atom. The average molecular weight is 703 g/mol. The summed E-state index contributed by atoms with van der Waals surface area (Å²) in [5.41, 5.74) is 1.43. The lowest BCUT2D eigenvalue weighted by molar-refractivity contribution is -0.159. The number of carbonyl (C=O) groups excluding carboxylic acids is 4. The highest BCUT2D eigenvalue weighted by Gasteiger charge is 2.77. The molecule has 46 heavy (non-hydrogen) atoms. The van der Waals surface area contributed by atoms with Gasteiger partial charge in [-0.1, -0.05) is 53.1 Å². The Morgan fingerprint density at radius 3 is 2.65 bits per heavy atom. The summed E-state index contributed by atoms with van der Waals surface area (Å²) in [5.74, 6) is -3.09. The Kier molecular flexibility index (Phi) is 12.2. The summed E-state index contributed by atoms with van der Waals surface area (Å²) < 4.78 is 12.5. The minimum Gasteiger partial charge on any atom is -0.460 e. The van der Waals surface area contributed by atoms with Crippen molar-refractivity contribution in [3.8, 4) is 0 Å². The van der Waals surface area contributed by atoms with Gasteiger partial charge in [0.15, 0.2) is 0 Å². The van der Waals surface area contributed by atoms with Gasteiger partial charge in [0.25, 0.3) is 5.91 Å². The molecule has 2 N–H and O–H groups in total. The van der Waals surface area contributed by atoms with Crippen LogP contribution in [0.1, 0.15) is 63.0 Å². The van der Waals surface area contributed by atoms with Crippen molar-refractivity contribution in [1.29, 1.82) is 0 Å². The molecule has 4 rings (SSSR count). The van der Waals surface area contributed by atoms with Gasteiger partial charge in [0.2, 0.25) is 11.8 Å². The van der Waals surface area contributed by atoms with Gasteiger partial charge in [-0.2, -0.15) is 0 Å². The van der Waals surface area contributed by atoms with E-state index in [-0.39, 0.29) is 42.2 Å². The molecular formula is C35H48BrN3O7. The van der Waals surface area contributed by atoms with E-state index in [1.807, 2.05) is 32.0 Å². The Balaban J connectivity index is 1.65. The average Bonchev–Trinajstić information content (AvgIpc) is 3.61. The molecule has 3 aliphatic heterocycles. The van der Waals surface area contributed by atoms with Gasteiger partial charge in [0.1, 0.15) is 17.7 Å². The third kappa shape index (κ3) is 7.26. The first-order valence-corrected chi connectivity index (χ1v) is 17.2. The summed E-state index contributed by atoms with van der Waals surface area (Å²) in [6, 6.07) is 4.96. The molecule has 0 aliphatic carbocycles. The second-order valence-corrected chi connectivity index (χ2v) is 13.9. The van der Waals surface area contributed by atoms with E-state index in [1.54, 1.807) is 28.9 Å². The number of anilines is 1. The first-order chi connectivity index (χ1) is 22.0. The van der Waals surface area contributed by atoms with E-state index >= 15 is 0 Å². The number of aryl methyl sites for hydroxylation is 2. The van der Waals surface area contributed by atoms with Crippen molar-refractivity contribution in [3.63, 3.8) is 0 Å². The Morgan fingerprint density at radius 2 is 1.96 bits per heavy atom. The number of halogens is 1. The van der Waals surface area contributed by atoms with Crippen molar-refractivity contribution < 1.29 is 33.8 Å². The second kappa shape index (κ2) is 15.7. The molecule has 3 amide bonds. The molecule has 7 atom stereocenters. The molecular weight excluding hydrogens is 654 g/mol. The van der Waals surface area contributed by atoms with Gasteiger partial charge in [-0.3, -0.25) is 19.2 Å². The molecule has 10 nitrogen and oxygen atoms in total. The van der Waals surface area contributed by atoms with Crippen LogP contribution in [0, 0.1) is 25.7 Å². The Bertz CT molecular complexity index is 1320. The molecule has 1 aromatic carbocycles. The molecule has 0 aromatic heterocycles. The number of unbranched alkanes of at least 4 members (excludes halogenated alkanes) is 3. The zero-order chi connectivity index (χ0) is 33.6. The molecule has 3 heterocycles. The molecule has 0 radical (unpaired) electrons. The maximum Gasteiger partial charge on any atom is 0.312 e. The van der Waals surface area contributed by atoms with Crippen LogP contribution in [0.5, 0.6) is 0 Å². The summed E-state index contributed by atoms with van der Waals surface area (Å²) in [6.45, 7) is 13.9. The first-order valence-electron chi connectivity index (χ1n) is 16.3. The monoisotopic (exact) mass is 701 g/mol. The third-order valence-electron chi connectivity index (χ3n) is 9.32. The van der Waals surface area contributed by atoms with Gasteiger partial charge in [0, 0.05) is 36.6 Å². The van der Waals surface area contributed by atoms with Gasteiger partial charge in [-0.25, -0.2) is 0 Å². The molecule has 2 bridgehead atoms. The van der Waals surface area contributed by atoms with Crippen molar-refractivity contribution in [1.82, 2.24) is 10.2 Å². The van der Waals surface area contributed by atoms with Crippen molar-refractivity contribution in [2.75, 3.05) is 31.1 Å². The van der Waals surface area contributed by atoms with Gasteiger partial charge in [0.05, 0.1) is 24.5 Å². The van der Waals surface area contributed by atoms with Crippen molar-refractivity contribution in [3.05, 3.63) is 54.6 Å². The van der Waals surface area contributed by atoms with E-state index in [0.717, 1.165) is 29.7 Å². The quantitative estimate of drug-likeness (QED) is 0.108. The number of alkyl halides is 1. The minimum absolute atomic E-state index is 0.101. The summed E-state index contributed by atoms with van der Waals surface area (Å²) in [6.07, 6.45) is 6.17. The van der Waals surface area contributed by atoms with E-state index in [4.69, 9.17) is 9.47 Å². The normalized spacial score (nSPS) is 26.8. The molecule has 3 fully saturated rings. The number of rotatable bonds is 17. The molecule has 1 unspecified atom stereocenters. The fourth-order valence-electron chi connectivity index (χ4n) is 7.16. The molecule has 1 spiro atoms. The highest BCUT2D eigenvalue weighted by Crippen LogP contribution is 2.60. The van der Waals surface area contributed by atoms with Crippen LogP contribution < -0.4 is 10.2 Å². The number of allylic oxidation sites excluding steroid dienone is 1. The largest absolute Gasteiger partial charge is 0.460 e. The molecule has 0 saturated carbocycles. The van der Waals surface area contributed by atoms with E-state index < -0.39 is 41.7 Å². The number of aliphatic hydroxyl groups excluding tert-OH is 1. The number of nitrogens with one attached hydrogen (secondary N) is 1. The summed E-state index contributed by atoms with van der Waals surface area (Å²) in [4.78, 5) is 58.1. The second-order valence-electron chi connectivity index (χ2n) is 12.7. The highest BCUT2D eigenvalue weighted by molar-refractivity contribution is 9.09. The number of carbonyl (C=O) groups is 4. The van der Waals surface area contributed by atoms with E-state index in [0.29, 0.717) is 38.6 Å². The Hall–Kier alpha value is -3.02. The van der Waals surface area contributed by atoms with E-state index in [2.05, 4.69) is 34.4 Å². The topological polar surface area (TPSA) is 125 Å². The van der Waals surface area contributed by atoms with Gasteiger partial charge >= 0.3 is 5.97 Å². The minimum atomic E-state index is -1.22. The smallest absolute Gasteiger partial charge is 0.312 e. The van der Waals surface area contributed by atoms with Gasteiger partial charge < -0.3 is 29.7 Å². The SMILES string of the molecule is C=CCCC(=O)NC[C@H](C)OC(=O)[C@@H]1[C@H]2O[C@@]3(CC2Br)[C@H](C(=O)N(CC=C)c2cc(C)ccc2C)N(CCCCCCO)C(=O)[C@@H]13. The van der Waals surface area contributed by atoms with Gasteiger partial charge in [-0.15, -0.1) is 13.2 Å². The van der Waals surface area contributed by atoms with Crippen molar-refractivity contribution in [2.24, 2.45) is 11.8 Å². The first kappa shape index (κ1) is 35.8. The lowest BCUT2D eigenvalue weighted by Gasteiger charge is -2.37. The maximum atomic E-state index is 14.8. The maximum absolute atomic E-state index is 14.8. The Labute approximate surface area is 280 Å². The van der Waals surface area contributed by atoms with E-state index in [1.165, 1.54) is 0 Å². The number of hydrogen-bond acceptors (Lipinski definition) is 7. The van der Waals surface area contributed by atoms with Crippen LogP contribution in [-0.2, 0) is 28.7 Å². The van der Waals surface area contributed by atoms with Crippen LogP contribution in [0.2, 0.25) is 0 Å². The number of hydrogen-bond donors (Lipinski definition) is 2. The van der Waals surface area contributed by atoms with Crippen LogP contribution in [0.4, 0.5) is 5.69 Å². The van der Waals surface area contributed by atoms with Crippen molar-refractivity contribution >= 4 is 45.3 Å². The van der Waals surface area contributed by atoms with Gasteiger partial charge in [-0.05, 0) is 63.6 Å². The number of likely N-dealkylation sites (tertiary alicyclic amines) is 1. The highest BCUT2D eigenvalue weighted by atomic mass is 79.9. The predicted octanol–water partition coefficient (Wildman–Crippen LogP) is 4.14. The number of benzene rings is 1. The number of esters is 1. The lowest BCUT2D eigenvalue weighted by Crippen LogP contribution is -2.57. The molecule has 3 aliphatic rings. The summed E-state index contributed by atoms with van der Waals surface area (Å²) in [5, 5.41) is 12.0.